The lowest BCUT2D eigenvalue weighted by molar-refractivity contribution is 0.454. The molecule has 0 amide bonds. The molecule has 3 nitrogen and oxygen atoms in total. The van der Waals surface area contributed by atoms with E-state index in [0.717, 1.165) is 0 Å². The van der Waals surface area contributed by atoms with Gasteiger partial charge in [0.25, 0.3) is 0 Å². The van der Waals surface area contributed by atoms with Crippen molar-refractivity contribution in [3.8, 4) is 5.75 Å². The lowest BCUT2D eigenvalue weighted by Crippen LogP contribution is -2.04. The first-order chi connectivity index (χ1) is 4.75. The lowest BCUT2D eigenvalue weighted by atomic mass is 10.1. The fraction of sp³-hybridized carbons (Fsp3) is 0.143. The Kier molecular flexibility index (Phi) is 1.78. The fourth-order valence-corrected chi connectivity index (χ4v) is 0.676. The van der Waals surface area contributed by atoms with E-state index >= 15 is 0 Å². The molecule has 0 aliphatic carbocycles. The second-order valence-electron chi connectivity index (χ2n) is 1.97. The summed E-state index contributed by atoms with van der Waals surface area (Å²) < 4.78 is 4.69. The molecule has 0 saturated carbocycles. The number of aromatic hydroxyl groups is 1. The van der Waals surface area contributed by atoms with Crippen LogP contribution in [0.1, 0.15) is 11.6 Å². The van der Waals surface area contributed by atoms with E-state index in [1.165, 1.54) is 18.6 Å². The highest BCUT2D eigenvalue weighted by atomic mass is 16.3. The van der Waals surface area contributed by atoms with Crippen molar-refractivity contribution in [2.75, 3.05) is 0 Å². The molecule has 0 saturated heterocycles. The van der Waals surface area contributed by atoms with Gasteiger partial charge in [0, 0.05) is 0 Å². The Bertz CT molecular complexity index is 229. The zero-order chi connectivity index (χ0) is 7.56. The summed E-state index contributed by atoms with van der Waals surface area (Å²) >= 11 is 0. The van der Waals surface area contributed by atoms with E-state index in [0.29, 0.717) is 5.56 Å². The highest BCUT2D eigenvalue weighted by molar-refractivity contribution is 5.31. The molecule has 0 aliphatic heterocycles. The number of nitrogens with two attached hydrogens (primary N) is 1. The van der Waals surface area contributed by atoms with Gasteiger partial charge in [0.1, 0.15) is 6.26 Å². The Morgan fingerprint density at radius 2 is 2.40 bits per heavy atom. The van der Waals surface area contributed by atoms with Crippen LogP contribution in [0.3, 0.4) is 0 Å². The summed E-state index contributed by atoms with van der Waals surface area (Å²) in [6.45, 7) is 3.48. The maximum Gasteiger partial charge on any atom is 0.158 e. The zero-order valence-electron chi connectivity index (χ0n) is 5.45. The van der Waals surface area contributed by atoms with Crippen LogP contribution in [0.2, 0.25) is 0 Å². The standard InChI is InChI=1S/C7H9NO2/c1-2-6(8)5-3-10-4-7(5)9/h2-4,6,9H,1,8H2/t6-/m1/s1. The lowest BCUT2D eigenvalue weighted by Gasteiger charge is -2.00. The van der Waals surface area contributed by atoms with E-state index in [4.69, 9.17) is 15.3 Å². The third-order valence-corrected chi connectivity index (χ3v) is 1.28. The van der Waals surface area contributed by atoms with E-state index in [1.54, 1.807) is 0 Å². The molecule has 0 unspecified atom stereocenters. The van der Waals surface area contributed by atoms with E-state index < -0.39 is 0 Å². The SMILES string of the molecule is C=C[C@@H](N)c1cocc1O. The molecule has 0 spiro atoms. The van der Waals surface area contributed by atoms with Gasteiger partial charge in [-0.1, -0.05) is 6.08 Å². The van der Waals surface area contributed by atoms with Crippen LogP contribution in [0.25, 0.3) is 0 Å². The number of hydrogen-bond donors (Lipinski definition) is 2. The quantitative estimate of drug-likeness (QED) is 0.604. The summed E-state index contributed by atoms with van der Waals surface area (Å²) in [6, 6.07) is -0.348. The summed E-state index contributed by atoms with van der Waals surface area (Å²) in [5.41, 5.74) is 6.07. The van der Waals surface area contributed by atoms with Crippen LogP contribution >= 0.6 is 0 Å². The number of hydrogen-bond acceptors (Lipinski definition) is 3. The molecule has 1 rings (SSSR count). The van der Waals surface area contributed by atoms with E-state index in [1.807, 2.05) is 0 Å². The van der Waals surface area contributed by atoms with E-state index in [2.05, 4.69) is 6.58 Å². The molecular formula is C7H9NO2. The van der Waals surface area contributed by atoms with Crippen molar-refractivity contribution in [3.05, 3.63) is 30.7 Å². The molecule has 1 aromatic rings. The minimum atomic E-state index is -0.348. The summed E-state index contributed by atoms with van der Waals surface area (Å²) in [5, 5.41) is 9.03. The van der Waals surface area contributed by atoms with Crippen molar-refractivity contribution >= 4 is 0 Å². The Hall–Kier alpha value is -1.22. The first kappa shape index (κ1) is 6.89. The van der Waals surface area contributed by atoms with Gasteiger partial charge in [-0.15, -0.1) is 6.58 Å². The molecule has 10 heavy (non-hydrogen) atoms. The predicted octanol–water partition coefficient (Wildman–Crippen LogP) is 1.17. The zero-order valence-corrected chi connectivity index (χ0v) is 5.45. The third-order valence-electron chi connectivity index (χ3n) is 1.28. The second kappa shape index (κ2) is 2.58. The minimum Gasteiger partial charge on any atom is -0.504 e. The van der Waals surface area contributed by atoms with Gasteiger partial charge in [-0.05, 0) is 0 Å². The molecule has 1 atom stereocenters. The van der Waals surface area contributed by atoms with Crippen molar-refractivity contribution < 1.29 is 9.52 Å². The minimum absolute atomic E-state index is 0.0763. The molecule has 0 aliphatic rings. The van der Waals surface area contributed by atoms with Gasteiger partial charge < -0.3 is 15.3 Å². The van der Waals surface area contributed by atoms with E-state index in [-0.39, 0.29) is 11.8 Å². The van der Waals surface area contributed by atoms with Gasteiger partial charge in [0.05, 0.1) is 17.9 Å². The molecule has 1 aromatic heterocycles. The smallest absolute Gasteiger partial charge is 0.158 e. The predicted molar refractivity (Wildman–Crippen MR) is 37.5 cm³/mol. The van der Waals surface area contributed by atoms with Crippen molar-refractivity contribution in [2.45, 2.75) is 6.04 Å². The molecule has 3 N–H and O–H groups in total. The second-order valence-corrected chi connectivity index (χ2v) is 1.97. The van der Waals surface area contributed by atoms with Crippen molar-refractivity contribution in [2.24, 2.45) is 5.73 Å². The van der Waals surface area contributed by atoms with Gasteiger partial charge in [0.2, 0.25) is 0 Å². The average molecular weight is 139 g/mol. The summed E-state index contributed by atoms with van der Waals surface area (Å²) in [5.74, 6) is 0.0763. The van der Waals surface area contributed by atoms with Crippen LogP contribution < -0.4 is 5.73 Å². The van der Waals surface area contributed by atoms with Gasteiger partial charge in [-0.25, -0.2) is 0 Å². The first-order valence-electron chi connectivity index (χ1n) is 2.89. The molecule has 0 bridgehead atoms. The molecule has 0 aromatic carbocycles. The molecule has 54 valence electrons. The van der Waals surface area contributed by atoms with Crippen LogP contribution in [0, 0.1) is 0 Å². The first-order valence-corrected chi connectivity index (χ1v) is 2.89. The van der Waals surface area contributed by atoms with E-state index in [9.17, 15) is 0 Å². The Balaban J connectivity index is 2.92. The molecule has 3 heteroatoms. The van der Waals surface area contributed by atoms with Crippen LogP contribution in [0.15, 0.2) is 29.6 Å². The topological polar surface area (TPSA) is 59.4 Å². The van der Waals surface area contributed by atoms with Crippen LogP contribution in [0.5, 0.6) is 5.75 Å². The van der Waals surface area contributed by atoms with Crippen molar-refractivity contribution in [3.63, 3.8) is 0 Å². The number of rotatable bonds is 2. The highest BCUT2D eigenvalue weighted by Crippen LogP contribution is 2.23. The fourth-order valence-electron chi connectivity index (χ4n) is 0.676. The molecule has 0 radical (unpaired) electrons. The van der Waals surface area contributed by atoms with Crippen molar-refractivity contribution in [1.82, 2.24) is 0 Å². The largest absolute Gasteiger partial charge is 0.504 e. The van der Waals surface area contributed by atoms with Crippen LogP contribution in [-0.2, 0) is 0 Å². The van der Waals surface area contributed by atoms with Gasteiger partial charge in [-0.2, -0.15) is 0 Å². The molecular weight excluding hydrogens is 130 g/mol. The summed E-state index contributed by atoms with van der Waals surface area (Å²) in [4.78, 5) is 0. The number of furan rings is 1. The molecule has 0 fully saturated rings. The Morgan fingerprint density at radius 3 is 2.80 bits per heavy atom. The van der Waals surface area contributed by atoms with Crippen molar-refractivity contribution in [1.29, 1.82) is 0 Å². The third kappa shape index (κ3) is 1.04. The highest BCUT2D eigenvalue weighted by Gasteiger charge is 2.08. The average Bonchev–Trinajstić information content (AvgIpc) is 2.34. The van der Waals surface area contributed by atoms with Crippen LogP contribution in [-0.4, -0.2) is 5.11 Å². The normalized spacial score (nSPS) is 12.9. The summed E-state index contributed by atoms with van der Waals surface area (Å²) in [7, 11) is 0. The monoisotopic (exact) mass is 139 g/mol. The molecule has 1 heterocycles. The van der Waals surface area contributed by atoms with Gasteiger partial charge in [-0.3, -0.25) is 0 Å². The van der Waals surface area contributed by atoms with Crippen LogP contribution in [0.4, 0.5) is 0 Å². The maximum atomic E-state index is 9.03. The van der Waals surface area contributed by atoms with Gasteiger partial charge in [0.15, 0.2) is 5.75 Å². The van der Waals surface area contributed by atoms with Gasteiger partial charge >= 0.3 is 0 Å². The Morgan fingerprint density at radius 1 is 1.70 bits per heavy atom. The maximum absolute atomic E-state index is 9.03. The Labute approximate surface area is 58.8 Å². The summed E-state index contributed by atoms with van der Waals surface area (Å²) in [6.07, 6.45) is 4.17.